The lowest BCUT2D eigenvalue weighted by Gasteiger charge is -2.27. The second kappa shape index (κ2) is 8.31. The quantitative estimate of drug-likeness (QED) is 0.664. The molecule has 2 aromatic rings. The van der Waals surface area contributed by atoms with E-state index in [0.717, 1.165) is 21.0 Å². The van der Waals surface area contributed by atoms with Gasteiger partial charge in [-0.15, -0.1) is 17.9 Å². The zero-order valence-electron chi connectivity index (χ0n) is 14.4. The molecule has 134 valence electrons. The number of amides is 1. The van der Waals surface area contributed by atoms with Gasteiger partial charge >= 0.3 is 0 Å². The van der Waals surface area contributed by atoms with Gasteiger partial charge in [-0.05, 0) is 30.0 Å². The molecule has 0 radical (unpaired) electrons. The molecular formula is C18H22N2O3S2. The molecule has 0 aliphatic heterocycles. The highest BCUT2D eigenvalue weighted by atomic mass is 32.2. The van der Waals surface area contributed by atoms with Crippen LogP contribution in [0.4, 0.5) is 5.69 Å². The fourth-order valence-electron chi connectivity index (χ4n) is 2.45. The van der Waals surface area contributed by atoms with Crippen molar-refractivity contribution >= 4 is 33.0 Å². The number of nitrogens with zero attached hydrogens (tertiary/aromatic N) is 2. The topological polar surface area (TPSA) is 57.7 Å². The molecule has 0 spiro atoms. The molecule has 1 amide bonds. The van der Waals surface area contributed by atoms with E-state index in [1.165, 1.54) is 0 Å². The molecule has 0 aliphatic carbocycles. The molecule has 0 fully saturated rings. The third-order valence-electron chi connectivity index (χ3n) is 3.69. The van der Waals surface area contributed by atoms with Gasteiger partial charge in [-0.3, -0.25) is 9.10 Å². The Morgan fingerprint density at radius 2 is 1.96 bits per heavy atom. The molecule has 0 saturated heterocycles. The van der Waals surface area contributed by atoms with Gasteiger partial charge in [0.15, 0.2) is 0 Å². The summed E-state index contributed by atoms with van der Waals surface area (Å²) in [7, 11) is -3.58. The molecule has 7 heteroatoms. The first-order chi connectivity index (χ1) is 11.8. The van der Waals surface area contributed by atoms with Crippen LogP contribution in [0.5, 0.6) is 0 Å². The van der Waals surface area contributed by atoms with Crippen molar-refractivity contribution in [3.8, 4) is 0 Å². The Morgan fingerprint density at radius 1 is 1.24 bits per heavy atom. The van der Waals surface area contributed by atoms with Gasteiger partial charge in [0.2, 0.25) is 15.9 Å². The summed E-state index contributed by atoms with van der Waals surface area (Å²) in [5.74, 6) is -0.262. The molecule has 1 heterocycles. The number of thiophene rings is 1. The smallest absolute Gasteiger partial charge is 0.243 e. The third kappa shape index (κ3) is 5.17. The predicted octanol–water partition coefficient (Wildman–Crippen LogP) is 3.04. The van der Waals surface area contributed by atoms with Crippen molar-refractivity contribution < 1.29 is 13.2 Å². The average molecular weight is 379 g/mol. The van der Waals surface area contributed by atoms with Gasteiger partial charge in [0.1, 0.15) is 6.54 Å². The zero-order valence-corrected chi connectivity index (χ0v) is 16.0. The number of aryl methyl sites for hydroxylation is 1. The summed E-state index contributed by atoms with van der Waals surface area (Å²) in [6.45, 7) is 6.08. The Hall–Kier alpha value is -2.12. The average Bonchev–Trinajstić information content (AvgIpc) is 3.05. The van der Waals surface area contributed by atoms with E-state index in [0.29, 0.717) is 18.8 Å². The van der Waals surface area contributed by atoms with Crippen LogP contribution in [0.3, 0.4) is 0 Å². The first-order valence-electron chi connectivity index (χ1n) is 7.77. The number of anilines is 1. The Kier molecular flexibility index (Phi) is 6.39. The molecule has 1 aromatic heterocycles. The number of benzene rings is 1. The van der Waals surface area contributed by atoms with Crippen LogP contribution in [-0.4, -0.2) is 38.6 Å². The highest BCUT2D eigenvalue weighted by Crippen LogP contribution is 2.22. The molecule has 5 nitrogen and oxygen atoms in total. The van der Waals surface area contributed by atoms with Crippen molar-refractivity contribution in [3.05, 3.63) is 64.9 Å². The fraction of sp³-hybridized carbons (Fsp3) is 0.278. The van der Waals surface area contributed by atoms with Gasteiger partial charge in [0.25, 0.3) is 0 Å². The van der Waals surface area contributed by atoms with Gasteiger partial charge in [-0.25, -0.2) is 8.42 Å². The van der Waals surface area contributed by atoms with Crippen molar-refractivity contribution in [2.24, 2.45) is 0 Å². The van der Waals surface area contributed by atoms with Gasteiger partial charge in [-0.2, -0.15) is 0 Å². The number of hydrogen-bond donors (Lipinski definition) is 0. The normalized spacial score (nSPS) is 11.1. The van der Waals surface area contributed by atoms with Crippen LogP contribution >= 0.6 is 11.3 Å². The summed E-state index contributed by atoms with van der Waals surface area (Å²) in [5.41, 5.74) is 1.32. The molecule has 0 aliphatic rings. The van der Waals surface area contributed by atoms with E-state index >= 15 is 0 Å². The molecule has 2 rings (SSSR count). The number of rotatable bonds is 8. The van der Waals surface area contributed by atoms with Crippen LogP contribution < -0.4 is 4.31 Å². The molecule has 0 unspecified atom stereocenters. The third-order valence-corrected chi connectivity index (χ3v) is 5.68. The maximum absolute atomic E-state index is 12.8. The van der Waals surface area contributed by atoms with Crippen LogP contribution in [0.25, 0.3) is 0 Å². The second-order valence-electron chi connectivity index (χ2n) is 5.70. The monoisotopic (exact) mass is 378 g/mol. The molecule has 1 aromatic carbocycles. The minimum Gasteiger partial charge on any atom is -0.332 e. The predicted molar refractivity (Wildman–Crippen MR) is 103 cm³/mol. The van der Waals surface area contributed by atoms with Gasteiger partial charge in [0, 0.05) is 11.4 Å². The number of hydrogen-bond acceptors (Lipinski definition) is 4. The zero-order chi connectivity index (χ0) is 18.4. The van der Waals surface area contributed by atoms with Gasteiger partial charge < -0.3 is 4.90 Å². The van der Waals surface area contributed by atoms with E-state index in [9.17, 15) is 13.2 Å². The van der Waals surface area contributed by atoms with Crippen molar-refractivity contribution in [2.75, 3.05) is 23.7 Å². The fourth-order valence-corrected chi connectivity index (χ4v) is 4.07. The maximum atomic E-state index is 12.8. The van der Waals surface area contributed by atoms with E-state index in [4.69, 9.17) is 0 Å². The lowest BCUT2D eigenvalue weighted by Crippen LogP contribution is -2.42. The van der Waals surface area contributed by atoms with Crippen LogP contribution in [0.2, 0.25) is 0 Å². The molecule has 25 heavy (non-hydrogen) atoms. The highest BCUT2D eigenvalue weighted by molar-refractivity contribution is 7.92. The second-order valence-corrected chi connectivity index (χ2v) is 8.64. The maximum Gasteiger partial charge on any atom is 0.243 e. The van der Waals surface area contributed by atoms with Crippen LogP contribution in [0, 0.1) is 6.92 Å². The summed E-state index contributed by atoms with van der Waals surface area (Å²) in [5, 5.41) is 1.95. The van der Waals surface area contributed by atoms with Crippen molar-refractivity contribution in [3.63, 3.8) is 0 Å². The van der Waals surface area contributed by atoms with Crippen molar-refractivity contribution in [1.82, 2.24) is 4.90 Å². The summed E-state index contributed by atoms with van der Waals surface area (Å²) < 4.78 is 25.7. The lowest BCUT2D eigenvalue weighted by molar-refractivity contribution is -0.129. The number of carbonyl (C=O) groups excluding carboxylic acids is 1. The van der Waals surface area contributed by atoms with E-state index < -0.39 is 10.0 Å². The number of sulfonamides is 1. The van der Waals surface area contributed by atoms with Crippen molar-refractivity contribution in [2.45, 2.75) is 13.5 Å². The minimum absolute atomic E-state index is 0.233. The molecule has 0 bridgehead atoms. The summed E-state index contributed by atoms with van der Waals surface area (Å²) in [6.07, 6.45) is 2.76. The first kappa shape index (κ1) is 19.2. The van der Waals surface area contributed by atoms with Crippen LogP contribution in [0.1, 0.15) is 10.4 Å². The van der Waals surface area contributed by atoms with Gasteiger partial charge in [0.05, 0.1) is 18.5 Å². The number of carbonyl (C=O) groups is 1. The Bertz CT molecular complexity index is 830. The Morgan fingerprint density at radius 3 is 2.52 bits per heavy atom. The largest absolute Gasteiger partial charge is 0.332 e. The summed E-state index contributed by atoms with van der Waals surface area (Å²) in [6, 6.07) is 11.0. The van der Waals surface area contributed by atoms with Crippen molar-refractivity contribution in [1.29, 1.82) is 0 Å². The molecule has 0 atom stereocenters. The van der Waals surface area contributed by atoms with E-state index in [2.05, 4.69) is 6.58 Å². The SMILES string of the molecule is C=CCN(Cc1cccs1)C(=O)CN(c1ccccc1C)S(C)(=O)=O. The minimum atomic E-state index is -3.58. The standard InChI is InChI=1S/C18H22N2O3S2/c1-4-11-19(13-16-9-7-12-24-16)18(21)14-20(25(3,22)23)17-10-6-5-8-15(17)2/h4-10,12H,1,11,13-14H2,2-3H3. The van der Waals surface area contributed by atoms with E-state index in [1.54, 1.807) is 34.4 Å². The lowest BCUT2D eigenvalue weighted by atomic mass is 10.2. The first-order valence-corrected chi connectivity index (χ1v) is 10.5. The Balaban J connectivity index is 2.26. The van der Waals surface area contributed by atoms with E-state index in [1.807, 2.05) is 36.6 Å². The van der Waals surface area contributed by atoms with Crippen LogP contribution in [0.15, 0.2) is 54.4 Å². The highest BCUT2D eigenvalue weighted by Gasteiger charge is 2.24. The summed E-state index contributed by atoms with van der Waals surface area (Å²) in [4.78, 5) is 15.4. The molecular weight excluding hydrogens is 356 g/mol. The van der Waals surface area contributed by atoms with Crippen LogP contribution in [-0.2, 0) is 21.4 Å². The summed E-state index contributed by atoms with van der Waals surface area (Å²) >= 11 is 1.56. The van der Waals surface area contributed by atoms with E-state index in [-0.39, 0.29) is 12.5 Å². The molecule has 0 saturated carbocycles. The molecule has 0 N–H and O–H groups in total. The Labute approximate surface area is 153 Å². The van der Waals surface area contributed by atoms with Gasteiger partial charge in [-0.1, -0.05) is 30.3 Å². The number of para-hydroxylation sites is 1.